The van der Waals surface area contributed by atoms with Gasteiger partial charge in [-0.3, -0.25) is 9.69 Å². The van der Waals surface area contributed by atoms with E-state index in [-0.39, 0.29) is 11.9 Å². The summed E-state index contributed by atoms with van der Waals surface area (Å²) in [4.78, 5) is 28.2. The summed E-state index contributed by atoms with van der Waals surface area (Å²) < 4.78 is 0. The van der Waals surface area contributed by atoms with Crippen molar-refractivity contribution >= 4 is 29.2 Å². The minimum absolute atomic E-state index is 0.148. The van der Waals surface area contributed by atoms with E-state index in [0.29, 0.717) is 35.9 Å². The fourth-order valence-electron chi connectivity index (χ4n) is 3.11. The Kier molecular flexibility index (Phi) is 6.12. The lowest BCUT2D eigenvalue weighted by Crippen LogP contribution is -2.44. The fourth-order valence-corrected chi connectivity index (χ4v) is 3.31. The van der Waals surface area contributed by atoms with E-state index in [1.807, 2.05) is 0 Å². The standard InChI is InChI=1S/C17H24ClN5O2/c18-15-3-2-13(23-11-7-21-17(23)25)12-14(15)16(24)20-4-1-8-22-9-5-19-6-10-22/h2-3,12,19H,1,4-11H2,(H,20,24)(H,21,25). The minimum atomic E-state index is -0.202. The molecule has 2 fully saturated rings. The second-order valence-corrected chi connectivity index (χ2v) is 6.66. The summed E-state index contributed by atoms with van der Waals surface area (Å²) in [6, 6.07) is 4.95. The smallest absolute Gasteiger partial charge is 0.321 e. The molecule has 3 rings (SSSR count). The number of hydrogen-bond acceptors (Lipinski definition) is 4. The first-order valence-electron chi connectivity index (χ1n) is 8.71. The lowest BCUT2D eigenvalue weighted by molar-refractivity contribution is 0.0951. The molecule has 2 heterocycles. The molecule has 3 N–H and O–H groups in total. The molecule has 0 unspecified atom stereocenters. The highest BCUT2D eigenvalue weighted by atomic mass is 35.5. The molecular formula is C17H24ClN5O2. The molecule has 8 heteroatoms. The maximum Gasteiger partial charge on any atom is 0.321 e. The zero-order valence-corrected chi connectivity index (χ0v) is 14.9. The molecular weight excluding hydrogens is 342 g/mol. The Morgan fingerprint density at radius 3 is 2.72 bits per heavy atom. The number of rotatable bonds is 6. The Morgan fingerprint density at radius 1 is 1.20 bits per heavy atom. The third-order valence-corrected chi connectivity index (χ3v) is 4.84. The molecule has 0 bridgehead atoms. The molecule has 2 saturated heterocycles. The number of urea groups is 1. The van der Waals surface area contributed by atoms with E-state index >= 15 is 0 Å². The van der Waals surface area contributed by atoms with Crippen LogP contribution in [0.25, 0.3) is 0 Å². The van der Waals surface area contributed by atoms with Crippen molar-refractivity contribution in [2.24, 2.45) is 0 Å². The molecule has 2 aliphatic heterocycles. The molecule has 1 aromatic carbocycles. The van der Waals surface area contributed by atoms with E-state index in [0.717, 1.165) is 39.1 Å². The third kappa shape index (κ3) is 4.62. The molecule has 0 radical (unpaired) electrons. The first-order chi connectivity index (χ1) is 12.1. The largest absolute Gasteiger partial charge is 0.352 e. The van der Waals surface area contributed by atoms with E-state index in [4.69, 9.17) is 11.6 Å². The minimum Gasteiger partial charge on any atom is -0.352 e. The number of carbonyl (C=O) groups is 2. The van der Waals surface area contributed by atoms with Crippen molar-refractivity contribution in [3.63, 3.8) is 0 Å². The Balaban J connectivity index is 1.53. The Labute approximate surface area is 152 Å². The van der Waals surface area contributed by atoms with Crippen LogP contribution in [-0.4, -0.2) is 69.2 Å². The maximum atomic E-state index is 12.4. The summed E-state index contributed by atoms with van der Waals surface area (Å²) >= 11 is 6.17. The molecule has 3 amide bonds. The fraction of sp³-hybridized carbons (Fsp3) is 0.529. The summed E-state index contributed by atoms with van der Waals surface area (Å²) in [6.07, 6.45) is 0.900. The zero-order valence-electron chi connectivity index (χ0n) is 14.2. The SMILES string of the molecule is O=C(NCCCN1CCNCC1)c1cc(N2CCNC2=O)ccc1Cl. The number of piperazine rings is 1. The quantitative estimate of drug-likeness (QED) is 0.654. The van der Waals surface area contributed by atoms with E-state index in [2.05, 4.69) is 20.9 Å². The zero-order chi connectivity index (χ0) is 17.6. The monoisotopic (exact) mass is 365 g/mol. The molecule has 2 aliphatic rings. The number of halogens is 1. The topological polar surface area (TPSA) is 76.7 Å². The highest BCUT2D eigenvalue weighted by molar-refractivity contribution is 6.34. The highest BCUT2D eigenvalue weighted by Gasteiger charge is 2.22. The van der Waals surface area contributed by atoms with E-state index in [1.54, 1.807) is 23.1 Å². The van der Waals surface area contributed by atoms with Crippen LogP contribution in [0.4, 0.5) is 10.5 Å². The number of amides is 3. The van der Waals surface area contributed by atoms with Crippen LogP contribution in [0.5, 0.6) is 0 Å². The van der Waals surface area contributed by atoms with Crippen molar-refractivity contribution in [2.45, 2.75) is 6.42 Å². The highest BCUT2D eigenvalue weighted by Crippen LogP contribution is 2.24. The van der Waals surface area contributed by atoms with E-state index < -0.39 is 0 Å². The summed E-state index contributed by atoms with van der Waals surface area (Å²) in [7, 11) is 0. The Bertz CT molecular complexity index is 633. The molecule has 0 aliphatic carbocycles. The van der Waals surface area contributed by atoms with Crippen molar-refractivity contribution in [3.05, 3.63) is 28.8 Å². The van der Waals surface area contributed by atoms with Gasteiger partial charge in [0.1, 0.15) is 0 Å². The van der Waals surface area contributed by atoms with Crippen LogP contribution >= 0.6 is 11.6 Å². The van der Waals surface area contributed by atoms with Crippen molar-refractivity contribution in [1.82, 2.24) is 20.9 Å². The molecule has 25 heavy (non-hydrogen) atoms. The summed E-state index contributed by atoms with van der Waals surface area (Å²) in [5.74, 6) is -0.202. The van der Waals surface area contributed by atoms with Gasteiger partial charge in [0.05, 0.1) is 10.6 Å². The first-order valence-corrected chi connectivity index (χ1v) is 9.09. The van der Waals surface area contributed by atoms with Crippen LogP contribution in [0.3, 0.4) is 0 Å². The van der Waals surface area contributed by atoms with Crippen molar-refractivity contribution in [2.75, 3.05) is 57.3 Å². The number of anilines is 1. The first kappa shape index (κ1) is 18.0. The molecule has 0 aromatic heterocycles. The van der Waals surface area contributed by atoms with Gasteiger partial charge in [-0.1, -0.05) is 11.6 Å². The second kappa shape index (κ2) is 8.51. The van der Waals surface area contributed by atoms with Crippen LogP contribution in [-0.2, 0) is 0 Å². The number of nitrogens with zero attached hydrogens (tertiary/aromatic N) is 2. The summed E-state index contributed by atoms with van der Waals surface area (Å²) in [6.45, 7) is 6.94. The predicted molar refractivity (Wildman–Crippen MR) is 98.5 cm³/mol. The normalized spacial score (nSPS) is 18.3. The van der Waals surface area contributed by atoms with Gasteiger partial charge >= 0.3 is 6.03 Å². The number of hydrogen-bond donors (Lipinski definition) is 3. The molecule has 1 aromatic rings. The lowest BCUT2D eigenvalue weighted by Gasteiger charge is -2.27. The molecule has 0 saturated carbocycles. The number of carbonyl (C=O) groups excluding carboxylic acids is 2. The molecule has 0 spiro atoms. The average molecular weight is 366 g/mol. The van der Waals surface area contributed by atoms with Gasteiger partial charge in [0.25, 0.3) is 5.91 Å². The van der Waals surface area contributed by atoms with Crippen LogP contribution in [0, 0.1) is 0 Å². The van der Waals surface area contributed by atoms with Gasteiger partial charge < -0.3 is 20.9 Å². The van der Waals surface area contributed by atoms with Gasteiger partial charge in [0, 0.05) is 51.5 Å². The van der Waals surface area contributed by atoms with E-state index in [1.165, 1.54) is 0 Å². The third-order valence-electron chi connectivity index (χ3n) is 4.51. The average Bonchev–Trinajstić information content (AvgIpc) is 3.06. The summed E-state index contributed by atoms with van der Waals surface area (Å²) in [5.41, 5.74) is 1.09. The predicted octanol–water partition coefficient (Wildman–Crippen LogP) is 0.895. The number of nitrogens with one attached hydrogen (secondary N) is 3. The van der Waals surface area contributed by atoms with Crippen LogP contribution in [0.2, 0.25) is 5.02 Å². The van der Waals surface area contributed by atoms with Crippen molar-refractivity contribution in [3.8, 4) is 0 Å². The van der Waals surface area contributed by atoms with E-state index in [9.17, 15) is 9.59 Å². The van der Waals surface area contributed by atoms with Crippen LogP contribution in [0.15, 0.2) is 18.2 Å². The second-order valence-electron chi connectivity index (χ2n) is 6.25. The molecule has 0 atom stereocenters. The number of benzene rings is 1. The Hall–Kier alpha value is -1.83. The van der Waals surface area contributed by atoms with Gasteiger partial charge in [-0.25, -0.2) is 4.79 Å². The van der Waals surface area contributed by atoms with Crippen LogP contribution < -0.4 is 20.9 Å². The van der Waals surface area contributed by atoms with Gasteiger partial charge in [0.15, 0.2) is 0 Å². The molecule has 136 valence electrons. The van der Waals surface area contributed by atoms with Gasteiger partial charge in [0.2, 0.25) is 0 Å². The molecule has 7 nitrogen and oxygen atoms in total. The van der Waals surface area contributed by atoms with Crippen LogP contribution in [0.1, 0.15) is 16.8 Å². The van der Waals surface area contributed by atoms with Gasteiger partial charge in [-0.05, 0) is 31.2 Å². The van der Waals surface area contributed by atoms with Crippen molar-refractivity contribution < 1.29 is 9.59 Å². The summed E-state index contributed by atoms with van der Waals surface area (Å²) in [5, 5.41) is 9.39. The Morgan fingerprint density at radius 2 is 2.00 bits per heavy atom. The van der Waals surface area contributed by atoms with Gasteiger partial charge in [-0.2, -0.15) is 0 Å². The van der Waals surface area contributed by atoms with Gasteiger partial charge in [-0.15, -0.1) is 0 Å². The maximum absolute atomic E-state index is 12.4. The van der Waals surface area contributed by atoms with Crippen molar-refractivity contribution in [1.29, 1.82) is 0 Å². The lowest BCUT2D eigenvalue weighted by atomic mass is 10.1.